The second-order valence-corrected chi connectivity index (χ2v) is 15.1. The second kappa shape index (κ2) is 16.9. The third-order valence-electron chi connectivity index (χ3n) is 8.23. The van der Waals surface area contributed by atoms with E-state index in [0.29, 0.717) is 54.2 Å². The van der Waals surface area contributed by atoms with Gasteiger partial charge in [0.25, 0.3) is 0 Å². The number of carbonyl (C=O) groups is 1. The van der Waals surface area contributed by atoms with Crippen molar-refractivity contribution in [2.24, 2.45) is 0 Å². The number of benzene rings is 1. The lowest BCUT2D eigenvalue weighted by Crippen LogP contribution is -2.44. The number of carbonyl (C=O) groups excluding carboxylic acids is 1. The number of fused-ring (bicyclic) bond motifs is 1. The first-order valence-corrected chi connectivity index (χ1v) is 18.3. The van der Waals surface area contributed by atoms with Crippen LogP contribution in [0.15, 0.2) is 37.0 Å². The Balaban J connectivity index is 1.40. The van der Waals surface area contributed by atoms with Gasteiger partial charge in [0.05, 0.1) is 42.3 Å². The fourth-order valence-electron chi connectivity index (χ4n) is 5.77. The first-order chi connectivity index (χ1) is 23.6. The molecule has 1 saturated heterocycles. The van der Waals surface area contributed by atoms with Crippen molar-refractivity contribution in [1.29, 1.82) is 5.41 Å². The minimum atomic E-state index is -3.83. The van der Waals surface area contributed by atoms with Gasteiger partial charge in [-0.25, -0.2) is 27.0 Å². The molecule has 12 nitrogen and oxygen atoms in total. The number of hydrogen-bond acceptors (Lipinski definition) is 10. The molecule has 0 aliphatic carbocycles. The van der Waals surface area contributed by atoms with E-state index in [2.05, 4.69) is 21.1 Å². The summed E-state index contributed by atoms with van der Waals surface area (Å²) in [6.07, 6.45) is 4.61. The lowest BCUT2D eigenvalue weighted by molar-refractivity contribution is -0.160. The minimum absolute atomic E-state index is 0.107. The number of piperidine rings is 1. The number of nitrogens with zero attached hydrogens (tertiary/aromatic N) is 4. The van der Waals surface area contributed by atoms with Gasteiger partial charge in [-0.2, -0.15) is 0 Å². The number of pyridine rings is 1. The zero-order chi connectivity index (χ0) is 36.6. The molecule has 2 N–H and O–H groups in total. The predicted octanol–water partition coefficient (Wildman–Crippen LogP) is 5.39. The van der Waals surface area contributed by atoms with Crippen molar-refractivity contribution >= 4 is 50.3 Å². The highest BCUT2D eigenvalue weighted by molar-refractivity contribution is 7.92. The monoisotopic (exact) mass is 718 g/mol. The summed E-state index contributed by atoms with van der Waals surface area (Å²) >= 11 is 0. The predicted molar refractivity (Wildman–Crippen MR) is 192 cm³/mol. The van der Waals surface area contributed by atoms with Crippen LogP contribution in [0.5, 0.6) is 0 Å². The Morgan fingerprint density at radius 3 is 2.50 bits per heavy atom. The lowest BCUT2D eigenvalue weighted by atomic mass is 10.0. The maximum atomic E-state index is 15.8. The largest absolute Gasteiger partial charge is 0.458 e. The van der Waals surface area contributed by atoms with Gasteiger partial charge in [0.15, 0.2) is 5.82 Å². The normalized spacial score (nSPS) is 14.5. The number of nitrogens with one attached hydrogen (secondary N) is 2. The molecular formula is C35H48F2N6O6S. The molecule has 2 aromatic heterocycles. The number of ether oxygens (including phenoxy) is 3. The molecule has 0 unspecified atom stereocenters. The van der Waals surface area contributed by atoms with E-state index in [1.54, 1.807) is 39.8 Å². The summed E-state index contributed by atoms with van der Waals surface area (Å²) in [4.78, 5) is 21.0. The van der Waals surface area contributed by atoms with E-state index in [1.165, 1.54) is 10.8 Å². The Bertz CT molecular complexity index is 1780. The zero-order valence-corrected chi connectivity index (χ0v) is 30.2. The summed E-state index contributed by atoms with van der Waals surface area (Å²) in [6.45, 7) is 14.7. The molecule has 0 spiro atoms. The fraction of sp³-hybridized carbons (Fsp3) is 0.514. The van der Waals surface area contributed by atoms with E-state index in [0.717, 1.165) is 50.8 Å². The molecule has 0 atom stereocenters. The molecule has 1 fully saturated rings. The van der Waals surface area contributed by atoms with Crippen LogP contribution < -0.4 is 9.62 Å². The standard InChI is InChI=1S/C35H48F2N6O6S/c1-7-20-50(45,46)40-28-9-8-27(36)34(32(28)37)43-22-26(24(2)21-38)33-29(43)10-11-30(39-33)41(6)25-12-14-42(15-13-25)16-17-47-18-19-48-23-31(44)49-35(3,4)5/h8-11,21-22,25,38,40H,2,7,12-20,23H2,1,3-6H3. The van der Waals surface area contributed by atoms with Crippen LogP contribution >= 0.6 is 0 Å². The van der Waals surface area contributed by atoms with Gasteiger partial charge in [-0.3, -0.25) is 4.72 Å². The van der Waals surface area contributed by atoms with E-state index in [4.69, 9.17) is 24.6 Å². The van der Waals surface area contributed by atoms with Crippen molar-refractivity contribution in [3.63, 3.8) is 0 Å². The Hall–Kier alpha value is -3.92. The number of halogens is 2. The van der Waals surface area contributed by atoms with E-state index < -0.39 is 38.9 Å². The fourth-order valence-corrected chi connectivity index (χ4v) is 6.91. The molecule has 3 aromatic rings. The van der Waals surface area contributed by atoms with Gasteiger partial charge < -0.3 is 34.0 Å². The van der Waals surface area contributed by atoms with Gasteiger partial charge in [-0.15, -0.1) is 0 Å². The Morgan fingerprint density at radius 2 is 1.84 bits per heavy atom. The summed E-state index contributed by atoms with van der Waals surface area (Å²) in [6, 6.07) is 5.75. The first kappa shape index (κ1) is 38.9. The van der Waals surface area contributed by atoms with Crippen LogP contribution in [0.25, 0.3) is 22.3 Å². The average molecular weight is 719 g/mol. The molecule has 3 heterocycles. The Morgan fingerprint density at radius 1 is 1.14 bits per heavy atom. The molecular weight excluding hydrogens is 670 g/mol. The van der Waals surface area contributed by atoms with Crippen LogP contribution in [0.4, 0.5) is 20.3 Å². The average Bonchev–Trinajstić information content (AvgIpc) is 3.43. The molecule has 274 valence electrons. The number of anilines is 2. The quantitative estimate of drug-likeness (QED) is 0.107. The summed E-state index contributed by atoms with van der Waals surface area (Å²) in [5.41, 5.74) is 0.119. The third-order valence-corrected chi connectivity index (χ3v) is 9.71. The number of allylic oxidation sites excluding steroid dienone is 1. The third kappa shape index (κ3) is 10.1. The van der Waals surface area contributed by atoms with Crippen molar-refractivity contribution in [2.75, 3.05) is 68.5 Å². The van der Waals surface area contributed by atoms with Gasteiger partial charge in [0.2, 0.25) is 10.0 Å². The zero-order valence-electron chi connectivity index (χ0n) is 29.4. The topological polar surface area (TPSA) is 139 Å². The summed E-state index contributed by atoms with van der Waals surface area (Å²) in [7, 11) is -1.87. The SMILES string of the molecule is C=C(C=N)c1cn(-c2c(F)ccc(NS(=O)(=O)CCC)c2F)c2ccc(N(C)C3CCN(CCOCCOCC(=O)OC(C)(C)C)CC3)nc12. The molecule has 50 heavy (non-hydrogen) atoms. The van der Waals surface area contributed by atoms with Crippen molar-refractivity contribution in [3.8, 4) is 5.69 Å². The lowest BCUT2D eigenvalue weighted by Gasteiger charge is -2.37. The van der Waals surface area contributed by atoms with Crippen LogP contribution in [0.1, 0.15) is 52.5 Å². The number of likely N-dealkylation sites (tertiary alicyclic amines) is 1. The second-order valence-electron chi connectivity index (χ2n) is 13.2. The molecule has 0 bridgehead atoms. The van der Waals surface area contributed by atoms with Gasteiger partial charge in [-0.1, -0.05) is 13.5 Å². The van der Waals surface area contributed by atoms with Crippen LogP contribution in [0, 0.1) is 17.0 Å². The first-order valence-electron chi connectivity index (χ1n) is 16.7. The summed E-state index contributed by atoms with van der Waals surface area (Å²) < 4.78 is 75.5. The van der Waals surface area contributed by atoms with Crippen molar-refractivity contribution in [3.05, 3.63) is 54.2 Å². The number of sulfonamides is 1. The molecule has 4 rings (SSSR count). The van der Waals surface area contributed by atoms with Crippen LogP contribution in [-0.4, -0.2) is 106 Å². The van der Waals surface area contributed by atoms with E-state index in [-0.39, 0.29) is 24.1 Å². The van der Waals surface area contributed by atoms with Crippen molar-refractivity contribution in [1.82, 2.24) is 14.5 Å². The molecule has 15 heteroatoms. The maximum absolute atomic E-state index is 15.8. The summed E-state index contributed by atoms with van der Waals surface area (Å²) in [5.74, 6) is -1.92. The molecule has 1 aliphatic heterocycles. The van der Waals surface area contributed by atoms with Crippen LogP contribution in [-0.2, 0) is 29.0 Å². The smallest absolute Gasteiger partial charge is 0.332 e. The minimum Gasteiger partial charge on any atom is -0.458 e. The van der Waals surface area contributed by atoms with Gasteiger partial charge in [0.1, 0.15) is 29.5 Å². The highest BCUT2D eigenvalue weighted by Gasteiger charge is 2.26. The molecule has 1 aromatic carbocycles. The van der Waals surface area contributed by atoms with Gasteiger partial charge in [-0.05, 0) is 69.9 Å². The van der Waals surface area contributed by atoms with E-state index >= 15 is 8.78 Å². The molecule has 0 radical (unpaired) electrons. The molecule has 0 amide bonds. The number of hydrogen-bond donors (Lipinski definition) is 2. The maximum Gasteiger partial charge on any atom is 0.332 e. The number of esters is 1. The number of rotatable bonds is 17. The van der Waals surface area contributed by atoms with Gasteiger partial charge >= 0.3 is 5.97 Å². The van der Waals surface area contributed by atoms with E-state index in [9.17, 15) is 13.2 Å². The van der Waals surface area contributed by atoms with Crippen molar-refractivity contribution < 1.29 is 36.2 Å². The van der Waals surface area contributed by atoms with Crippen LogP contribution in [0.3, 0.4) is 0 Å². The Kier molecular flexibility index (Phi) is 13.1. The highest BCUT2D eigenvalue weighted by Crippen LogP contribution is 2.34. The van der Waals surface area contributed by atoms with Crippen LogP contribution in [0.2, 0.25) is 0 Å². The summed E-state index contributed by atoms with van der Waals surface area (Å²) in [5, 5.41) is 7.81. The van der Waals surface area contributed by atoms with Gasteiger partial charge in [0, 0.05) is 50.7 Å². The van der Waals surface area contributed by atoms with E-state index in [1.807, 2.05) is 7.05 Å². The molecule has 0 saturated carbocycles. The highest BCUT2D eigenvalue weighted by atomic mass is 32.2. The molecule has 1 aliphatic rings. The number of aromatic nitrogens is 2. The van der Waals surface area contributed by atoms with Crippen molar-refractivity contribution in [2.45, 2.75) is 58.6 Å². The Labute approximate surface area is 292 Å².